The molecule has 1 amide bonds. The number of carbonyl (C=O) groups is 1. The summed E-state index contributed by atoms with van der Waals surface area (Å²) in [6.45, 7) is 7.46. The summed E-state index contributed by atoms with van der Waals surface area (Å²) in [6.07, 6.45) is 0.907. The number of hydrogen-bond acceptors (Lipinski definition) is 4. The van der Waals surface area contributed by atoms with E-state index in [1.54, 1.807) is 25.3 Å². The first-order valence-electron chi connectivity index (χ1n) is 11.0. The highest BCUT2D eigenvalue weighted by atomic mass is 127. The number of methoxy groups -OCH3 is 1. The molecule has 9 heteroatoms. The highest BCUT2D eigenvalue weighted by Crippen LogP contribution is 2.15. The van der Waals surface area contributed by atoms with Gasteiger partial charge in [-0.3, -0.25) is 9.79 Å². The van der Waals surface area contributed by atoms with Crippen LogP contribution in [0.5, 0.6) is 5.75 Å². The fraction of sp³-hybridized carbons (Fsp3) is 0.375. The number of nitrogens with zero attached hydrogens (tertiary/aromatic N) is 3. The molecule has 0 aliphatic heterocycles. The first-order chi connectivity index (χ1) is 15.6. The van der Waals surface area contributed by atoms with Crippen LogP contribution in [-0.2, 0) is 6.54 Å². The lowest BCUT2D eigenvalue weighted by atomic mass is 10.2. The van der Waals surface area contributed by atoms with Crippen molar-refractivity contribution in [3.8, 4) is 5.75 Å². The van der Waals surface area contributed by atoms with Crippen molar-refractivity contribution < 1.29 is 9.53 Å². The van der Waals surface area contributed by atoms with Crippen LogP contribution in [-0.4, -0.2) is 54.7 Å². The molecule has 3 N–H and O–H groups in total. The molecule has 0 aliphatic rings. The number of fused-ring (bicyclic) bond motifs is 1. The van der Waals surface area contributed by atoms with E-state index in [0.29, 0.717) is 30.9 Å². The normalized spacial score (nSPS) is 11.1. The number of ether oxygens (including phenoxy) is 1. The molecular weight excluding hydrogens is 531 g/mol. The van der Waals surface area contributed by atoms with E-state index in [0.717, 1.165) is 42.3 Å². The van der Waals surface area contributed by atoms with Gasteiger partial charge in [0.25, 0.3) is 5.91 Å². The van der Waals surface area contributed by atoms with Crippen molar-refractivity contribution in [1.82, 2.24) is 25.5 Å². The number of nitrogens with one attached hydrogen (secondary N) is 3. The quantitative estimate of drug-likeness (QED) is 0.152. The Kier molecular flexibility index (Phi) is 10.9. The summed E-state index contributed by atoms with van der Waals surface area (Å²) in [5, 5.41) is 9.41. The lowest BCUT2D eigenvalue weighted by Crippen LogP contribution is -2.41. The largest absolute Gasteiger partial charge is 0.497 e. The number of halogens is 1. The first-order valence-corrected chi connectivity index (χ1v) is 11.0. The molecule has 0 aliphatic carbocycles. The molecule has 1 heterocycles. The highest BCUT2D eigenvalue weighted by molar-refractivity contribution is 14.0. The minimum Gasteiger partial charge on any atom is -0.497 e. The summed E-state index contributed by atoms with van der Waals surface area (Å²) in [5.41, 5.74) is 2.76. The van der Waals surface area contributed by atoms with Gasteiger partial charge in [-0.25, -0.2) is 4.98 Å². The van der Waals surface area contributed by atoms with Crippen LogP contribution in [0.2, 0.25) is 0 Å². The predicted molar refractivity (Wildman–Crippen MR) is 144 cm³/mol. The van der Waals surface area contributed by atoms with Crippen molar-refractivity contribution in [2.75, 3.05) is 33.3 Å². The minimum atomic E-state index is -0.129. The maximum Gasteiger partial charge on any atom is 0.251 e. The Labute approximate surface area is 212 Å². The summed E-state index contributed by atoms with van der Waals surface area (Å²) in [7, 11) is 1.58. The Balaban J connectivity index is 0.00000385. The molecule has 8 nitrogen and oxygen atoms in total. The number of para-hydroxylation sites is 2. The Morgan fingerprint density at radius 3 is 2.67 bits per heavy atom. The zero-order valence-electron chi connectivity index (χ0n) is 19.4. The van der Waals surface area contributed by atoms with Crippen LogP contribution in [0.4, 0.5) is 0 Å². The summed E-state index contributed by atoms with van der Waals surface area (Å²) < 4.78 is 7.40. The van der Waals surface area contributed by atoms with Crippen LogP contribution < -0.4 is 20.7 Å². The lowest BCUT2D eigenvalue weighted by Gasteiger charge is -2.12. The molecule has 3 aromatic rings. The van der Waals surface area contributed by atoms with Gasteiger partial charge in [-0.1, -0.05) is 18.2 Å². The van der Waals surface area contributed by atoms with Crippen molar-refractivity contribution >= 4 is 46.9 Å². The van der Waals surface area contributed by atoms with E-state index >= 15 is 0 Å². The summed E-state index contributed by atoms with van der Waals surface area (Å²) >= 11 is 0. The standard InChI is InChI=1S/C24H32N6O2.HI/c1-4-25-24(28-15-14-26-23(31)19-9-7-10-20(17-19)32-3)27-13-8-16-30-18(2)29-21-11-5-6-12-22(21)30;/h5-7,9-12,17H,4,8,13-16H2,1-3H3,(H,26,31)(H2,25,27,28);1H. The van der Waals surface area contributed by atoms with Gasteiger partial charge in [-0.15, -0.1) is 24.0 Å². The van der Waals surface area contributed by atoms with Gasteiger partial charge in [0.1, 0.15) is 11.6 Å². The van der Waals surface area contributed by atoms with Crippen molar-refractivity contribution in [2.45, 2.75) is 26.8 Å². The van der Waals surface area contributed by atoms with Gasteiger partial charge in [0.15, 0.2) is 5.96 Å². The Morgan fingerprint density at radius 1 is 1.09 bits per heavy atom. The second-order valence-electron chi connectivity index (χ2n) is 7.33. The van der Waals surface area contributed by atoms with E-state index in [1.807, 2.05) is 38.1 Å². The zero-order valence-corrected chi connectivity index (χ0v) is 21.8. The number of amides is 1. The Morgan fingerprint density at radius 2 is 1.88 bits per heavy atom. The van der Waals surface area contributed by atoms with E-state index in [-0.39, 0.29) is 29.9 Å². The second kappa shape index (κ2) is 13.7. The average molecular weight is 564 g/mol. The van der Waals surface area contributed by atoms with Crippen LogP contribution in [0.3, 0.4) is 0 Å². The van der Waals surface area contributed by atoms with Crippen molar-refractivity contribution in [1.29, 1.82) is 0 Å². The molecule has 0 atom stereocenters. The lowest BCUT2D eigenvalue weighted by molar-refractivity contribution is 0.0954. The minimum absolute atomic E-state index is 0. The first kappa shape index (κ1) is 26.4. The molecular formula is C24H33IN6O2. The van der Waals surface area contributed by atoms with E-state index in [2.05, 4.69) is 36.6 Å². The summed E-state index contributed by atoms with van der Waals surface area (Å²) in [5.74, 6) is 2.30. The van der Waals surface area contributed by atoms with E-state index in [9.17, 15) is 4.79 Å². The SMILES string of the molecule is CCNC(=NCCCn1c(C)nc2ccccc21)NCCNC(=O)c1cccc(OC)c1.I. The molecule has 2 aromatic carbocycles. The maximum atomic E-state index is 12.3. The molecule has 178 valence electrons. The van der Waals surface area contributed by atoms with Crippen molar-refractivity contribution in [3.63, 3.8) is 0 Å². The number of benzene rings is 2. The van der Waals surface area contributed by atoms with E-state index in [4.69, 9.17) is 4.74 Å². The molecule has 33 heavy (non-hydrogen) atoms. The van der Waals surface area contributed by atoms with Gasteiger partial charge in [0.05, 0.1) is 18.1 Å². The van der Waals surface area contributed by atoms with Crippen LogP contribution in [0.1, 0.15) is 29.5 Å². The molecule has 0 fully saturated rings. The number of imidazole rings is 1. The van der Waals surface area contributed by atoms with Gasteiger partial charge in [0.2, 0.25) is 0 Å². The third-order valence-corrected chi connectivity index (χ3v) is 5.03. The highest BCUT2D eigenvalue weighted by Gasteiger charge is 2.07. The fourth-order valence-corrected chi connectivity index (χ4v) is 3.46. The van der Waals surface area contributed by atoms with Crippen LogP contribution >= 0.6 is 24.0 Å². The van der Waals surface area contributed by atoms with Gasteiger partial charge in [-0.2, -0.15) is 0 Å². The van der Waals surface area contributed by atoms with Gasteiger partial charge < -0.3 is 25.3 Å². The number of rotatable bonds is 10. The third kappa shape index (κ3) is 7.62. The number of carbonyl (C=O) groups excluding carboxylic acids is 1. The summed E-state index contributed by atoms with van der Waals surface area (Å²) in [6, 6.07) is 15.3. The third-order valence-electron chi connectivity index (χ3n) is 5.03. The number of aryl methyl sites for hydroxylation is 2. The number of guanidine groups is 1. The van der Waals surface area contributed by atoms with Crippen LogP contribution in [0.25, 0.3) is 11.0 Å². The predicted octanol–water partition coefficient (Wildman–Crippen LogP) is 3.35. The van der Waals surface area contributed by atoms with Crippen molar-refractivity contribution in [2.24, 2.45) is 4.99 Å². The van der Waals surface area contributed by atoms with E-state index < -0.39 is 0 Å². The van der Waals surface area contributed by atoms with Gasteiger partial charge in [0, 0.05) is 38.3 Å². The maximum absolute atomic E-state index is 12.3. The van der Waals surface area contributed by atoms with Gasteiger partial charge >= 0.3 is 0 Å². The van der Waals surface area contributed by atoms with Crippen LogP contribution in [0.15, 0.2) is 53.5 Å². The molecule has 3 rings (SSSR count). The van der Waals surface area contributed by atoms with E-state index in [1.165, 1.54) is 0 Å². The fourth-order valence-electron chi connectivity index (χ4n) is 3.46. The van der Waals surface area contributed by atoms with Gasteiger partial charge in [-0.05, 0) is 50.6 Å². The number of hydrogen-bond donors (Lipinski definition) is 3. The molecule has 0 spiro atoms. The number of aliphatic imine (C=N–C) groups is 1. The Hall–Kier alpha value is -2.82. The van der Waals surface area contributed by atoms with Crippen molar-refractivity contribution in [3.05, 3.63) is 59.9 Å². The molecule has 0 bridgehead atoms. The molecule has 1 aromatic heterocycles. The molecule has 0 saturated carbocycles. The smallest absolute Gasteiger partial charge is 0.251 e. The molecule has 0 unspecified atom stereocenters. The molecule has 0 radical (unpaired) electrons. The Bertz CT molecular complexity index is 1070. The average Bonchev–Trinajstić information content (AvgIpc) is 3.14. The topological polar surface area (TPSA) is 92.6 Å². The number of aromatic nitrogens is 2. The van der Waals surface area contributed by atoms with Crippen LogP contribution in [0, 0.1) is 6.92 Å². The monoisotopic (exact) mass is 564 g/mol. The summed E-state index contributed by atoms with van der Waals surface area (Å²) in [4.78, 5) is 21.5. The molecule has 0 saturated heterocycles. The zero-order chi connectivity index (χ0) is 22.8. The second-order valence-corrected chi connectivity index (χ2v) is 7.33.